The average molecular weight is 431 g/mol. The van der Waals surface area contributed by atoms with Gasteiger partial charge in [0, 0.05) is 6.54 Å². The molecule has 1 saturated carbocycles. The first-order valence-electron chi connectivity index (χ1n) is 10.9. The van der Waals surface area contributed by atoms with E-state index in [-0.39, 0.29) is 17.4 Å². The molecule has 0 aromatic heterocycles. The standard InChI is InChI=1S/C24H34N2O5/c1-16(17-7-9-18(10-8-17)19(27)30-6)25-20(28)23(5)15-24(11-12-24)13-14-26(23)21(29)31-22(2,3)4/h7-10,16H,11-15H2,1-6H3,(H,25,28). The molecule has 2 unspecified atom stereocenters. The first-order chi connectivity index (χ1) is 14.4. The van der Waals surface area contributed by atoms with Crippen molar-refractivity contribution in [2.24, 2.45) is 5.41 Å². The van der Waals surface area contributed by atoms with Crippen molar-refractivity contribution in [1.29, 1.82) is 0 Å². The fraction of sp³-hybridized carbons (Fsp3) is 0.625. The van der Waals surface area contributed by atoms with E-state index in [0.29, 0.717) is 18.5 Å². The fourth-order valence-corrected chi connectivity index (χ4v) is 4.39. The summed E-state index contributed by atoms with van der Waals surface area (Å²) >= 11 is 0. The summed E-state index contributed by atoms with van der Waals surface area (Å²) in [7, 11) is 1.34. The molecule has 2 fully saturated rings. The minimum absolute atomic E-state index is 0.163. The van der Waals surface area contributed by atoms with Crippen LogP contribution >= 0.6 is 0 Å². The number of hydrogen-bond acceptors (Lipinski definition) is 5. The summed E-state index contributed by atoms with van der Waals surface area (Å²) in [5.41, 5.74) is -0.119. The summed E-state index contributed by atoms with van der Waals surface area (Å²) in [5, 5.41) is 3.08. The summed E-state index contributed by atoms with van der Waals surface area (Å²) in [6.45, 7) is 9.74. The largest absolute Gasteiger partial charge is 0.465 e. The van der Waals surface area contributed by atoms with Crippen LogP contribution in [-0.4, -0.2) is 47.7 Å². The van der Waals surface area contributed by atoms with Gasteiger partial charge in [-0.3, -0.25) is 9.69 Å². The van der Waals surface area contributed by atoms with Gasteiger partial charge in [0.1, 0.15) is 11.1 Å². The highest BCUT2D eigenvalue weighted by Gasteiger charge is 2.57. The van der Waals surface area contributed by atoms with Gasteiger partial charge in [-0.25, -0.2) is 9.59 Å². The molecule has 3 rings (SSSR count). The zero-order valence-electron chi connectivity index (χ0n) is 19.4. The second-order valence-electron chi connectivity index (χ2n) is 10.1. The minimum Gasteiger partial charge on any atom is -0.465 e. The minimum atomic E-state index is -0.975. The van der Waals surface area contributed by atoms with Gasteiger partial charge in [0.2, 0.25) is 5.91 Å². The first-order valence-corrected chi connectivity index (χ1v) is 10.9. The lowest BCUT2D eigenvalue weighted by Crippen LogP contribution is -2.63. The number of hydrogen-bond donors (Lipinski definition) is 1. The van der Waals surface area contributed by atoms with Gasteiger partial charge < -0.3 is 14.8 Å². The van der Waals surface area contributed by atoms with Crippen LogP contribution in [0.1, 0.15) is 82.3 Å². The summed E-state index contributed by atoms with van der Waals surface area (Å²) < 4.78 is 10.3. The van der Waals surface area contributed by atoms with Gasteiger partial charge in [0.15, 0.2) is 0 Å². The summed E-state index contributed by atoms with van der Waals surface area (Å²) in [5.74, 6) is -0.588. The number of piperidine rings is 1. The number of benzene rings is 1. The molecule has 7 heteroatoms. The van der Waals surface area contributed by atoms with E-state index in [9.17, 15) is 14.4 Å². The van der Waals surface area contributed by atoms with Gasteiger partial charge in [-0.1, -0.05) is 12.1 Å². The summed E-state index contributed by atoms with van der Waals surface area (Å²) in [6.07, 6.45) is 3.29. The van der Waals surface area contributed by atoms with Gasteiger partial charge in [-0.15, -0.1) is 0 Å². The van der Waals surface area contributed by atoms with Crippen molar-refractivity contribution < 1.29 is 23.9 Å². The van der Waals surface area contributed by atoms with Crippen LogP contribution in [0.25, 0.3) is 0 Å². The van der Waals surface area contributed by atoms with Gasteiger partial charge >= 0.3 is 12.1 Å². The molecule has 1 spiro atoms. The van der Waals surface area contributed by atoms with E-state index in [4.69, 9.17) is 9.47 Å². The number of ether oxygens (including phenoxy) is 2. The van der Waals surface area contributed by atoms with Crippen LogP contribution in [0.2, 0.25) is 0 Å². The molecule has 0 bridgehead atoms. The number of carbonyl (C=O) groups excluding carboxylic acids is 3. The molecule has 1 heterocycles. The third-order valence-electron chi connectivity index (χ3n) is 6.42. The van der Waals surface area contributed by atoms with Crippen molar-refractivity contribution in [2.75, 3.05) is 13.7 Å². The molecule has 1 aliphatic carbocycles. The summed E-state index contributed by atoms with van der Waals surface area (Å²) in [6, 6.07) is 6.67. The molecule has 1 aromatic rings. The number of rotatable bonds is 4. The lowest BCUT2D eigenvalue weighted by molar-refractivity contribution is -0.137. The van der Waals surface area contributed by atoms with E-state index in [0.717, 1.165) is 24.8 Å². The first kappa shape index (κ1) is 23.1. The molecule has 0 radical (unpaired) electrons. The number of likely N-dealkylation sites (tertiary alicyclic amines) is 1. The van der Waals surface area contributed by atoms with Gasteiger partial charge in [-0.2, -0.15) is 0 Å². The lowest BCUT2D eigenvalue weighted by atomic mass is 9.78. The van der Waals surface area contributed by atoms with Crippen molar-refractivity contribution in [3.05, 3.63) is 35.4 Å². The third-order valence-corrected chi connectivity index (χ3v) is 6.42. The highest BCUT2D eigenvalue weighted by molar-refractivity contribution is 5.91. The van der Waals surface area contributed by atoms with Crippen LogP contribution in [0, 0.1) is 5.41 Å². The smallest absolute Gasteiger partial charge is 0.411 e. The van der Waals surface area contributed by atoms with E-state index in [1.807, 2.05) is 34.6 Å². The Labute approximate surface area is 184 Å². The number of esters is 1. The maximum absolute atomic E-state index is 13.5. The van der Waals surface area contributed by atoms with Gasteiger partial charge in [0.25, 0.3) is 0 Å². The van der Waals surface area contributed by atoms with Crippen LogP contribution < -0.4 is 5.32 Å². The lowest BCUT2D eigenvalue weighted by Gasteiger charge is -2.47. The van der Waals surface area contributed by atoms with E-state index >= 15 is 0 Å². The Hall–Kier alpha value is -2.57. The number of amides is 2. The Balaban J connectivity index is 1.77. The highest BCUT2D eigenvalue weighted by Crippen LogP contribution is 2.57. The van der Waals surface area contributed by atoms with E-state index in [1.54, 1.807) is 29.2 Å². The Bertz CT molecular complexity index is 854. The Morgan fingerprint density at radius 1 is 1.10 bits per heavy atom. The van der Waals surface area contributed by atoms with E-state index < -0.39 is 23.2 Å². The van der Waals surface area contributed by atoms with Crippen LogP contribution in [0.15, 0.2) is 24.3 Å². The predicted molar refractivity (Wildman–Crippen MR) is 117 cm³/mol. The zero-order valence-corrected chi connectivity index (χ0v) is 19.4. The molecule has 2 atom stereocenters. The second kappa shape index (κ2) is 8.17. The Morgan fingerprint density at radius 3 is 2.23 bits per heavy atom. The summed E-state index contributed by atoms with van der Waals surface area (Å²) in [4.78, 5) is 39.7. The number of nitrogens with one attached hydrogen (secondary N) is 1. The molecule has 2 amide bonds. The van der Waals surface area contributed by atoms with Crippen LogP contribution in [0.5, 0.6) is 0 Å². The fourth-order valence-electron chi connectivity index (χ4n) is 4.39. The van der Waals surface area contributed by atoms with E-state index in [1.165, 1.54) is 7.11 Å². The quantitative estimate of drug-likeness (QED) is 0.723. The molecule has 1 N–H and O–H groups in total. The Morgan fingerprint density at radius 2 is 1.71 bits per heavy atom. The van der Waals surface area contributed by atoms with Crippen molar-refractivity contribution in [2.45, 2.75) is 77.5 Å². The van der Waals surface area contributed by atoms with Gasteiger partial charge in [-0.05, 0) is 83.4 Å². The number of carbonyl (C=O) groups is 3. The van der Waals surface area contributed by atoms with Crippen LogP contribution in [-0.2, 0) is 14.3 Å². The maximum Gasteiger partial charge on any atom is 0.411 e. The number of nitrogens with zero attached hydrogens (tertiary/aromatic N) is 1. The molecule has 1 saturated heterocycles. The predicted octanol–water partition coefficient (Wildman–Crippen LogP) is 4.22. The normalized spacial score (nSPS) is 23.1. The molecule has 1 aliphatic heterocycles. The molecule has 31 heavy (non-hydrogen) atoms. The monoisotopic (exact) mass is 430 g/mol. The van der Waals surface area contributed by atoms with Crippen molar-refractivity contribution in [3.8, 4) is 0 Å². The second-order valence-corrected chi connectivity index (χ2v) is 10.1. The van der Waals surface area contributed by atoms with Gasteiger partial charge in [0.05, 0.1) is 18.7 Å². The zero-order chi connectivity index (χ0) is 23.0. The van der Waals surface area contributed by atoms with Crippen LogP contribution in [0.4, 0.5) is 4.79 Å². The molecule has 2 aliphatic rings. The average Bonchev–Trinajstić information content (AvgIpc) is 3.44. The maximum atomic E-state index is 13.5. The highest BCUT2D eigenvalue weighted by atomic mass is 16.6. The molecular weight excluding hydrogens is 396 g/mol. The SMILES string of the molecule is COC(=O)c1ccc(C(C)NC(=O)C2(C)CC3(CCN2C(=O)OC(C)(C)C)CC3)cc1. The number of methoxy groups -OCH3 is 1. The molecule has 1 aromatic carbocycles. The van der Waals surface area contributed by atoms with Crippen molar-refractivity contribution in [3.63, 3.8) is 0 Å². The Kier molecular flexibility index (Phi) is 6.09. The molecule has 7 nitrogen and oxygen atoms in total. The van der Waals surface area contributed by atoms with Crippen molar-refractivity contribution in [1.82, 2.24) is 10.2 Å². The molecular formula is C24H34N2O5. The topological polar surface area (TPSA) is 84.9 Å². The third kappa shape index (κ3) is 5.02. The van der Waals surface area contributed by atoms with E-state index in [2.05, 4.69) is 5.32 Å². The molecule has 170 valence electrons. The van der Waals surface area contributed by atoms with Crippen molar-refractivity contribution >= 4 is 18.0 Å². The van der Waals surface area contributed by atoms with Crippen LogP contribution in [0.3, 0.4) is 0 Å².